The third kappa shape index (κ3) is 3.58. The topological polar surface area (TPSA) is 56.6 Å². The molecule has 0 bridgehead atoms. The van der Waals surface area contributed by atoms with Gasteiger partial charge in [-0.15, -0.1) is 0 Å². The first-order valence-corrected chi connectivity index (χ1v) is 8.37. The second-order valence-electron chi connectivity index (χ2n) is 5.93. The molecule has 5 nitrogen and oxygen atoms in total. The Kier molecular flexibility index (Phi) is 5.20. The Balaban J connectivity index is 1.82. The highest BCUT2D eigenvalue weighted by Crippen LogP contribution is 2.30. The van der Waals surface area contributed by atoms with Crippen LogP contribution in [0.5, 0.6) is 5.75 Å². The van der Waals surface area contributed by atoms with Gasteiger partial charge in [-0.1, -0.05) is 30.3 Å². The summed E-state index contributed by atoms with van der Waals surface area (Å²) in [5.41, 5.74) is 3.10. The van der Waals surface area contributed by atoms with Gasteiger partial charge in [0.1, 0.15) is 5.75 Å². The van der Waals surface area contributed by atoms with Gasteiger partial charge in [-0.05, 0) is 30.2 Å². The summed E-state index contributed by atoms with van der Waals surface area (Å²) >= 11 is 0. The van der Waals surface area contributed by atoms with E-state index < -0.39 is 0 Å². The highest BCUT2D eigenvalue weighted by molar-refractivity contribution is 5.98. The smallest absolute Gasteiger partial charge is 0.246 e. The van der Waals surface area contributed by atoms with Crippen molar-refractivity contribution >= 4 is 17.3 Å². The monoisotopic (exact) mass is 335 g/mol. The van der Waals surface area contributed by atoms with Gasteiger partial charge in [0.25, 0.3) is 0 Å². The van der Waals surface area contributed by atoms with Crippen molar-refractivity contribution in [2.24, 2.45) is 0 Å². The second-order valence-corrected chi connectivity index (χ2v) is 5.93. The summed E-state index contributed by atoms with van der Waals surface area (Å²) in [7, 11) is 1.59. The molecule has 5 heteroatoms. The zero-order valence-corrected chi connectivity index (χ0v) is 14.3. The molecular weight excluding hydrogens is 314 g/mol. The molecule has 0 atom stereocenters. The Hall–Kier alpha value is -3.00. The van der Waals surface area contributed by atoms with E-state index in [1.165, 1.54) is 5.56 Å². The number of para-hydroxylation sites is 3. The van der Waals surface area contributed by atoms with E-state index in [0.29, 0.717) is 24.5 Å². The normalized spacial score (nSPS) is 12.4. The number of hydrogen-bond donors (Lipinski definition) is 0. The lowest BCUT2D eigenvalue weighted by Gasteiger charge is -2.27. The molecule has 0 saturated carbocycles. The molecule has 128 valence electrons. The Morgan fingerprint density at radius 1 is 1.24 bits per heavy atom. The fourth-order valence-corrected chi connectivity index (χ4v) is 3.21. The van der Waals surface area contributed by atoms with Crippen LogP contribution in [0.15, 0.2) is 48.5 Å². The number of rotatable bonds is 6. The zero-order chi connectivity index (χ0) is 17.6. The number of fused-ring (bicyclic) bond motifs is 1. The van der Waals surface area contributed by atoms with Crippen LogP contribution in [0, 0.1) is 11.3 Å². The van der Waals surface area contributed by atoms with E-state index in [1.807, 2.05) is 36.4 Å². The van der Waals surface area contributed by atoms with Gasteiger partial charge in [0.15, 0.2) is 0 Å². The van der Waals surface area contributed by atoms with Gasteiger partial charge in [0.2, 0.25) is 5.91 Å². The Morgan fingerprint density at radius 2 is 2.00 bits per heavy atom. The van der Waals surface area contributed by atoms with E-state index in [0.717, 1.165) is 18.7 Å². The van der Waals surface area contributed by atoms with E-state index in [4.69, 9.17) is 10.00 Å². The first-order chi connectivity index (χ1) is 12.2. The molecule has 0 fully saturated rings. The average Bonchev–Trinajstić information content (AvgIpc) is 3.05. The van der Waals surface area contributed by atoms with Gasteiger partial charge in [0.05, 0.1) is 31.8 Å². The molecule has 1 aliphatic heterocycles. The minimum absolute atomic E-state index is 0.0311. The minimum Gasteiger partial charge on any atom is -0.495 e. The van der Waals surface area contributed by atoms with Crippen molar-refractivity contribution in [3.63, 3.8) is 0 Å². The van der Waals surface area contributed by atoms with E-state index in [-0.39, 0.29) is 12.3 Å². The lowest BCUT2D eigenvalue weighted by atomic mass is 10.2. The molecular formula is C20H21N3O2. The maximum Gasteiger partial charge on any atom is 0.246 e. The van der Waals surface area contributed by atoms with Crippen LogP contribution in [0.3, 0.4) is 0 Å². The Bertz CT molecular complexity index is 798. The molecule has 1 heterocycles. The lowest BCUT2D eigenvalue weighted by molar-refractivity contribution is -0.117. The van der Waals surface area contributed by atoms with Crippen molar-refractivity contribution in [3.05, 3.63) is 54.1 Å². The standard InChI is InChI=1S/C20H21N3O2/c1-25-19-10-5-4-9-18(19)23(13-6-12-21)20(24)15-22-14-11-16-7-2-3-8-17(16)22/h2-5,7-10H,6,11,13-15H2,1H3. The predicted molar refractivity (Wildman–Crippen MR) is 97.9 cm³/mol. The zero-order valence-electron chi connectivity index (χ0n) is 14.3. The number of nitrogens with zero attached hydrogens (tertiary/aromatic N) is 3. The molecule has 2 aromatic rings. The van der Waals surface area contributed by atoms with Crippen LogP contribution in [-0.2, 0) is 11.2 Å². The molecule has 0 radical (unpaired) electrons. The number of hydrogen-bond acceptors (Lipinski definition) is 4. The average molecular weight is 335 g/mol. The summed E-state index contributed by atoms with van der Waals surface area (Å²) in [6, 6.07) is 17.7. The highest BCUT2D eigenvalue weighted by atomic mass is 16.5. The summed E-state index contributed by atoms with van der Waals surface area (Å²) in [5.74, 6) is 0.604. The third-order valence-electron chi connectivity index (χ3n) is 4.43. The highest BCUT2D eigenvalue weighted by Gasteiger charge is 2.25. The molecule has 0 spiro atoms. The molecule has 1 aliphatic rings. The number of carbonyl (C=O) groups excluding carboxylic acids is 1. The van der Waals surface area contributed by atoms with Gasteiger partial charge in [-0.3, -0.25) is 4.79 Å². The largest absolute Gasteiger partial charge is 0.495 e. The molecule has 0 N–H and O–H groups in total. The minimum atomic E-state index is -0.0311. The van der Waals surface area contributed by atoms with Crippen LogP contribution in [0.25, 0.3) is 0 Å². The molecule has 1 amide bonds. The molecule has 2 aromatic carbocycles. The molecule has 3 rings (SSSR count). The molecule has 0 aromatic heterocycles. The number of nitriles is 1. The van der Waals surface area contributed by atoms with Gasteiger partial charge in [0, 0.05) is 18.8 Å². The summed E-state index contributed by atoms with van der Waals surface area (Å²) < 4.78 is 5.39. The molecule has 25 heavy (non-hydrogen) atoms. The van der Waals surface area contributed by atoms with Crippen molar-refractivity contribution in [2.45, 2.75) is 12.8 Å². The maximum atomic E-state index is 13.0. The van der Waals surface area contributed by atoms with E-state index in [9.17, 15) is 4.79 Å². The van der Waals surface area contributed by atoms with Crippen LogP contribution in [0.4, 0.5) is 11.4 Å². The SMILES string of the molecule is COc1ccccc1N(CCC#N)C(=O)CN1CCc2ccccc21. The molecule has 0 aliphatic carbocycles. The van der Waals surface area contributed by atoms with E-state index >= 15 is 0 Å². The van der Waals surface area contributed by atoms with Crippen molar-refractivity contribution < 1.29 is 9.53 Å². The van der Waals surface area contributed by atoms with Gasteiger partial charge < -0.3 is 14.5 Å². The summed E-state index contributed by atoms with van der Waals surface area (Å²) in [6.07, 6.45) is 1.23. The number of carbonyl (C=O) groups is 1. The number of benzene rings is 2. The van der Waals surface area contributed by atoms with Gasteiger partial charge in [-0.2, -0.15) is 5.26 Å². The van der Waals surface area contributed by atoms with Crippen molar-refractivity contribution in [1.29, 1.82) is 5.26 Å². The summed E-state index contributed by atoms with van der Waals surface area (Å²) in [6.45, 7) is 1.48. The van der Waals surface area contributed by atoms with Crippen LogP contribution in [0.2, 0.25) is 0 Å². The Labute approximate surface area is 148 Å². The number of ether oxygens (including phenoxy) is 1. The van der Waals surface area contributed by atoms with Crippen molar-refractivity contribution in [1.82, 2.24) is 0 Å². The number of methoxy groups -OCH3 is 1. The second kappa shape index (κ2) is 7.71. The van der Waals surface area contributed by atoms with E-state index in [2.05, 4.69) is 23.1 Å². The number of amides is 1. The van der Waals surface area contributed by atoms with Gasteiger partial charge in [-0.25, -0.2) is 0 Å². The van der Waals surface area contributed by atoms with E-state index in [1.54, 1.807) is 12.0 Å². The van der Waals surface area contributed by atoms with Crippen molar-refractivity contribution in [2.75, 3.05) is 36.5 Å². The fourth-order valence-electron chi connectivity index (χ4n) is 3.21. The third-order valence-corrected chi connectivity index (χ3v) is 4.43. The van der Waals surface area contributed by atoms with Crippen molar-refractivity contribution in [3.8, 4) is 11.8 Å². The predicted octanol–water partition coefficient (Wildman–Crippen LogP) is 3.00. The fraction of sp³-hybridized carbons (Fsp3) is 0.300. The van der Waals surface area contributed by atoms with Gasteiger partial charge >= 0.3 is 0 Å². The van der Waals surface area contributed by atoms with Crippen LogP contribution >= 0.6 is 0 Å². The van der Waals surface area contributed by atoms with Crippen LogP contribution in [-0.4, -0.2) is 32.7 Å². The van der Waals surface area contributed by atoms with Crippen LogP contribution < -0.4 is 14.5 Å². The maximum absolute atomic E-state index is 13.0. The molecule has 0 unspecified atom stereocenters. The van der Waals surface area contributed by atoms with Crippen LogP contribution in [0.1, 0.15) is 12.0 Å². The lowest BCUT2D eigenvalue weighted by Crippen LogP contribution is -2.40. The summed E-state index contributed by atoms with van der Waals surface area (Å²) in [5, 5.41) is 8.96. The quantitative estimate of drug-likeness (QED) is 0.814. The first kappa shape index (κ1) is 16.8. The Morgan fingerprint density at radius 3 is 2.80 bits per heavy atom. The first-order valence-electron chi connectivity index (χ1n) is 8.37. The summed E-state index contributed by atoms with van der Waals surface area (Å²) in [4.78, 5) is 16.8. The molecule has 0 saturated heterocycles. The number of anilines is 2.